The van der Waals surface area contributed by atoms with Crippen LogP contribution in [-0.4, -0.2) is 22.8 Å². The third-order valence-corrected chi connectivity index (χ3v) is 5.17. The van der Waals surface area contributed by atoms with Gasteiger partial charge in [0.25, 0.3) is 5.56 Å². The number of aromatic nitrogens is 2. The lowest BCUT2D eigenvalue weighted by atomic mass is 10.1. The van der Waals surface area contributed by atoms with E-state index in [4.69, 9.17) is 4.74 Å². The summed E-state index contributed by atoms with van der Waals surface area (Å²) in [6.45, 7) is -0.173. The maximum atomic E-state index is 12.8. The second-order valence-electron chi connectivity index (χ2n) is 6.11. The fourth-order valence-electron chi connectivity index (χ4n) is 2.95. The first kappa shape index (κ1) is 17.9. The van der Waals surface area contributed by atoms with E-state index in [1.807, 2.05) is 35.7 Å². The Morgan fingerprint density at radius 1 is 1.07 bits per heavy atom. The molecule has 0 aliphatic carbocycles. The van der Waals surface area contributed by atoms with Crippen molar-refractivity contribution in [1.29, 1.82) is 0 Å². The van der Waals surface area contributed by atoms with Crippen molar-refractivity contribution in [2.45, 2.75) is 6.54 Å². The van der Waals surface area contributed by atoms with Crippen molar-refractivity contribution in [2.24, 2.45) is 0 Å². The molecule has 0 fully saturated rings. The number of thiophene rings is 1. The van der Waals surface area contributed by atoms with E-state index in [0.29, 0.717) is 22.5 Å². The number of carbonyl (C=O) groups excluding carboxylic acids is 1. The van der Waals surface area contributed by atoms with Gasteiger partial charge in [-0.2, -0.15) is 5.10 Å². The molecule has 28 heavy (non-hydrogen) atoms. The van der Waals surface area contributed by atoms with Crippen LogP contribution in [0.5, 0.6) is 5.75 Å². The Kier molecular flexibility index (Phi) is 4.90. The van der Waals surface area contributed by atoms with Gasteiger partial charge < -0.3 is 10.1 Å². The zero-order valence-corrected chi connectivity index (χ0v) is 15.9. The molecule has 0 bridgehead atoms. The number of rotatable bonds is 5. The molecule has 0 aliphatic rings. The predicted octanol–water partition coefficient (Wildman–Crippen LogP) is 3.77. The Bertz CT molecular complexity index is 1180. The molecule has 0 spiro atoms. The van der Waals surface area contributed by atoms with Gasteiger partial charge in [0.05, 0.1) is 17.4 Å². The van der Waals surface area contributed by atoms with Crippen molar-refractivity contribution in [3.05, 3.63) is 76.4 Å². The highest BCUT2D eigenvalue weighted by Crippen LogP contribution is 2.28. The van der Waals surface area contributed by atoms with Gasteiger partial charge in [-0.15, -0.1) is 11.3 Å². The zero-order valence-electron chi connectivity index (χ0n) is 15.1. The quantitative estimate of drug-likeness (QED) is 0.562. The lowest BCUT2D eigenvalue weighted by molar-refractivity contribution is -0.117. The number of nitrogens with one attached hydrogen (secondary N) is 1. The van der Waals surface area contributed by atoms with Gasteiger partial charge in [0, 0.05) is 11.1 Å². The standard InChI is InChI=1S/C21H17N3O3S/c1-27-15-10-8-14(9-11-15)22-19(25)13-24-21(26)17-6-3-2-5-16(17)20(23-24)18-7-4-12-28-18/h2-12H,13H2,1H3,(H,22,25). The fraction of sp³-hybridized carbons (Fsp3) is 0.0952. The van der Waals surface area contributed by atoms with E-state index in [9.17, 15) is 9.59 Å². The Hall–Kier alpha value is -3.45. The van der Waals surface area contributed by atoms with E-state index < -0.39 is 0 Å². The van der Waals surface area contributed by atoms with Crippen LogP contribution in [0.3, 0.4) is 0 Å². The molecule has 0 atom stereocenters. The van der Waals surface area contributed by atoms with E-state index in [2.05, 4.69) is 10.4 Å². The fourth-order valence-corrected chi connectivity index (χ4v) is 3.67. The van der Waals surface area contributed by atoms with Gasteiger partial charge in [-0.1, -0.05) is 24.3 Å². The zero-order chi connectivity index (χ0) is 19.5. The first-order valence-electron chi connectivity index (χ1n) is 8.63. The number of anilines is 1. The van der Waals surface area contributed by atoms with Gasteiger partial charge in [0.2, 0.25) is 5.91 Å². The minimum absolute atomic E-state index is 0.173. The lowest BCUT2D eigenvalue weighted by Gasteiger charge is -2.11. The van der Waals surface area contributed by atoms with Gasteiger partial charge in [-0.25, -0.2) is 4.68 Å². The smallest absolute Gasteiger partial charge is 0.275 e. The maximum absolute atomic E-state index is 12.8. The third kappa shape index (κ3) is 3.52. The number of hydrogen-bond acceptors (Lipinski definition) is 5. The summed E-state index contributed by atoms with van der Waals surface area (Å²) in [5.74, 6) is 0.373. The summed E-state index contributed by atoms with van der Waals surface area (Å²) in [5.41, 5.74) is 1.03. The molecule has 7 heteroatoms. The van der Waals surface area contributed by atoms with Crippen molar-refractivity contribution >= 4 is 33.7 Å². The van der Waals surface area contributed by atoms with E-state index >= 15 is 0 Å². The summed E-state index contributed by atoms with van der Waals surface area (Å²) in [6, 6.07) is 18.2. The number of methoxy groups -OCH3 is 1. The molecule has 140 valence electrons. The van der Waals surface area contributed by atoms with Crippen molar-refractivity contribution < 1.29 is 9.53 Å². The molecule has 6 nitrogen and oxygen atoms in total. The number of benzene rings is 2. The maximum Gasteiger partial charge on any atom is 0.275 e. The molecule has 4 rings (SSSR count). The Labute approximate surface area is 165 Å². The summed E-state index contributed by atoms with van der Waals surface area (Å²) < 4.78 is 6.33. The van der Waals surface area contributed by atoms with Crippen LogP contribution >= 0.6 is 11.3 Å². The van der Waals surface area contributed by atoms with Crippen LogP contribution in [0.4, 0.5) is 5.69 Å². The highest BCUT2D eigenvalue weighted by atomic mass is 32.1. The molecular weight excluding hydrogens is 374 g/mol. The third-order valence-electron chi connectivity index (χ3n) is 4.29. The Morgan fingerprint density at radius 2 is 1.82 bits per heavy atom. The van der Waals surface area contributed by atoms with Gasteiger partial charge in [-0.05, 0) is 41.8 Å². The first-order chi connectivity index (χ1) is 13.7. The summed E-state index contributed by atoms with van der Waals surface area (Å²) in [4.78, 5) is 26.3. The van der Waals surface area contributed by atoms with E-state index in [1.165, 1.54) is 4.68 Å². The Balaban J connectivity index is 1.67. The first-order valence-corrected chi connectivity index (χ1v) is 9.51. The van der Waals surface area contributed by atoms with Gasteiger partial charge in [-0.3, -0.25) is 9.59 Å². The van der Waals surface area contributed by atoms with Crippen molar-refractivity contribution in [3.63, 3.8) is 0 Å². The monoisotopic (exact) mass is 391 g/mol. The largest absolute Gasteiger partial charge is 0.497 e. The molecule has 0 unspecified atom stereocenters. The molecule has 2 aromatic heterocycles. The van der Waals surface area contributed by atoms with Crippen LogP contribution in [0, 0.1) is 0 Å². The van der Waals surface area contributed by atoms with Crippen LogP contribution in [0.25, 0.3) is 21.3 Å². The molecule has 2 aromatic carbocycles. The molecular formula is C21H17N3O3S. The number of fused-ring (bicyclic) bond motifs is 1. The molecule has 0 aliphatic heterocycles. The summed E-state index contributed by atoms with van der Waals surface area (Å²) in [5, 5.41) is 10.5. The summed E-state index contributed by atoms with van der Waals surface area (Å²) in [7, 11) is 1.58. The molecule has 1 amide bonds. The molecule has 2 heterocycles. The van der Waals surface area contributed by atoms with Crippen molar-refractivity contribution in [2.75, 3.05) is 12.4 Å². The SMILES string of the molecule is COc1ccc(NC(=O)Cn2nc(-c3cccs3)c3ccccc3c2=O)cc1. The van der Waals surface area contributed by atoms with E-state index in [0.717, 1.165) is 10.3 Å². The van der Waals surface area contributed by atoms with Crippen LogP contribution < -0.4 is 15.6 Å². The molecule has 0 radical (unpaired) electrons. The second-order valence-corrected chi connectivity index (χ2v) is 7.06. The van der Waals surface area contributed by atoms with E-state index in [1.54, 1.807) is 48.8 Å². The van der Waals surface area contributed by atoms with Crippen LogP contribution in [0.2, 0.25) is 0 Å². The average Bonchev–Trinajstić information content (AvgIpc) is 3.25. The predicted molar refractivity (Wildman–Crippen MR) is 111 cm³/mol. The number of ether oxygens (including phenoxy) is 1. The molecule has 4 aromatic rings. The molecule has 0 saturated heterocycles. The van der Waals surface area contributed by atoms with Gasteiger partial charge in [0.15, 0.2) is 0 Å². The second kappa shape index (κ2) is 7.66. The average molecular weight is 391 g/mol. The molecule has 0 saturated carbocycles. The van der Waals surface area contributed by atoms with Gasteiger partial charge >= 0.3 is 0 Å². The minimum Gasteiger partial charge on any atom is -0.497 e. The highest BCUT2D eigenvalue weighted by Gasteiger charge is 2.14. The highest BCUT2D eigenvalue weighted by molar-refractivity contribution is 7.13. The van der Waals surface area contributed by atoms with Crippen LogP contribution in [-0.2, 0) is 11.3 Å². The van der Waals surface area contributed by atoms with E-state index in [-0.39, 0.29) is 18.0 Å². The van der Waals surface area contributed by atoms with Crippen LogP contribution in [0.1, 0.15) is 0 Å². The van der Waals surface area contributed by atoms with Gasteiger partial charge in [0.1, 0.15) is 18.0 Å². The normalized spacial score (nSPS) is 10.8. The number of nitrogens with zero attached hydrogens (tertiary/aromatic N) is 2. The number of carbonyl (C=O) groups is 1. The number of hydrogen-bond donors (Lipinski definition) is 1. The summed E-state index contributed by atoms with van der Waals surface area (Å²) in [6.07, 6.45) is 0. The minimum atomic E-state index is -0.327. The number of amides is 1. The Morgan fingerprint density at radius 3 is 2.50 bits per heavy atom. The summed E-state index contributed by atoms with van der Waals surface area (Å²) >= 11 is 1.54. The topological polar surface area (TPSA) is 73.2 Å². The lowest BCUT2D eigenvalue weighted by Crippen LogP contribution is -2.30. The van der Waals surface area contributed by atoms with Crippen molar-refractivity contribution in [1.82, 2.24) is 9.78 Å². The van der Waals surface area contributed by atoms with Crippen LogP contribution in [0.15, 0.2) is 70.8 Å². The molecule has 1 N–H and O–H groups in total. The van der Waals surface area contributed by atoms with Crippen molar-refractivity contribution in [3.8, 4) is 16.3 Å².